The first kappa shape index (κ1) is 14.2. The third-order valence-corrected chi connectivity index (χ3v) is 4.90. The van der Waals surface area contributed by atoms with Crippen LogP contribution in [0.5, 0.6) is 0 Å². The molecule has 2 aromatic heterocycles. The van der Waals surface area contributed by atoms with Crippen molar-refractivity contribution in [2.45, 2.75) is 33.4 Å². The number of nitrogens with zero attached hydrogens (tertiary/aromatic N) is 2. The first-order chi connectivity index (χ1) is 10.1. The molecule has 108 valence electrons. The van der Waals surface area contributed by atoms with Crippen molar-refractivity contribution in [3.05, 3.63) is 57.7 Å². The Hall–Kier alpha value is -1.78. The number of rotatable bonds is 4. The largest absolute Gasteiger partial charge is 0.305 e. The van der Waals surface area contributed by atoms with Gasteiger partial charge in [-0.3, -0.25) is 4.98 Å². The summed E-state index contributed by atoms with van der Waals surface area (Å²) in [6, 6.07) is 10.7. The van der Waals surface area contributed by atoms with Crippen LogP contribution in [-0.2, 0) is 6.54 Å². The number of aromatic nitrogens is 2. The minimum atomic E-state index is 0.301. The molecule has 4 heteroatoms. The molecule has 0 fully saturated rings. The number of aryl methyl sites for hydroxylation is 2. The fourth-order valence-electron chi connectivity index (χ4n) is 2.61. The van der Waals surface area contributed by atoms with E-state index in [-0.39, 0.29) is 0 Å². The first-order valence-corrected chi connectivity index (χ1v) is 7.96. The SMILES string of the molecule is Cc1nc(C)c(C(C)NCc2cccc3cccnc23)s1. The average Bonchev–Trinajstić information content (AvgIpc) is 2.83. The van der Waals surface area contributed by atoms with Gasteiger partial charge in [-0.25, -0.2) is 4.98 Å². The lowest BCUT2D eigenvalue weighted by Gasteiger charge is -2.13. The number of fused-ring (bicyclic) bond motifs is 1. The lowest BCUT2D eigenvalue weighted by molar-refractivity contribution is 0.581. The van der Waals surface area contributed by atoms with Crippen LogP contribution in [-0.4, -0.2) is 9.97 Å². The van der Waals surface area contributed by atoms with Gasteiger partial charge in [-0.15, -0.1) is 11.3 Å². The molecule has 2 heterocycles. The fourth-order valence-corrected chi connectivity index (χ4v) is 3.57. The Morgan fingerprint density at radius 3 is 2.76 bits per heavy atom. The Bertz CT molecular complexity index is 758. The molecule has 0 amide bonds. The van der Waals surface area contributed by atoms with Gasteiger partial charge in [0.15, 0.2) is 0 Å². The smallest absolute Gasteiger partial charge is 0.0900 e. The number of hydrogen-bond donors (Lipinski definition) is 1. The first-order valence-electron chi connectivity index (χ1n) is 7.15. The topological polar surface area (TPSA) is 37.8 Å². The number of benzene rings is 1. The summed E-state index contributed by atoms with van der Waals surface area (Å²) >= 11 is 1.77. The van der Waals surface area contributed by atoms with Crippen LogP contribution < -0.4 is 5.32 Å². The van der Waals surface area contributed by atoms with Crippen LogP contribution >= 0.6 is 11.3 Å². The molecule has 1 aromatic carbocycles. The normalized spacial score (nSPS) is 12.7. The number of pyridine rings is 1. The summed E-state index contributed by atoms with van der Waals surface area (Å²) < 4.78 is 0. The van der Waals surface area contributed by atoms with Crippen LogP contribution in [0.2, 0.25) is 0 Å². The molecule has 1 N–H and O–H groups in total. The maximum Gasteiger partial charge on any atom is 0.0900 e. The molecule has 0 aliphatic carbocycles. The summed E-state index contributed by atoms with van der Waals surface area (Å²) in [6.45, 7) is 7.14. The molecule has 0 radical (unpaired) electrons. The molecule has 0 saturated carbocycles. The second-order valence-electron chi connectivity index (χ2n) is 5.28. The van der Waals surface area contributed by atoms with Crippen molar-refractivity contribution in [1.29, 1.82) is 0 Å². The van der Waals surface area contributed by atoms with E-state index >= 15 is 0 Å². The van der Waals surface area contributed by atoms with E-state index in [0.29, 0.717) is 6.04 Å². The molecule has 0 bridgehead atoms. The lowest BCUT2D eigenvalue weighted by atomic mass is 10.1. The van der Waals surface area contributed by atoms with Gasteiger partial charge in [0.1, 0.15) is 0 Å². The number of para-hydroxylation sites is 1. The highest BCUT2D eigenvalue weighted by Gasteiger charge is 2.13. The van der Waals surface area contributed by atoms with Gasteiger partial charge in [0.2, 0.25) is 0 Å². The molecule has 0 aliphatic heterocycles. The molecule has 3 aromatic rings. The van der Waals surface area contributed by atoms with Crippen LogP contribution in [0.3, 0.4) is 0 Å². The van der Waals surface area contributed by atoms with Crippen LogP contribution in [0, 0.1) is 13.8 Å². The summed E-state index contributed by atoms with van der Waals surface area (Å²) in [4.78, 5) is 10.3. The van der Waals surface area contributed by atoms with Gasteiger partial charge in [-0.1, -0.05) is 24.3 Å². The van der Waals surface area contributed by atoms with Gasteiger partial charge in [0, 0.05) is 29.0 Å². The van der Waals surface area contributed by atoms with E-state index in [1.165, 1.54) is 15.8 Å². The highest BCUT2D eigenvalue weighted by molar-refractivity contribution is 7.11. The monoisotopic (exact) mass is 297 g/mol. The highest BCUT2D eigenvalue weighted by Crippen LogP contribution is 2.25. The summed E-state index contributed by atoms with van der Waals surface area (Å²) in [5, 5.41) is 5.91. The van der Waals surface area contributed by atoms with E-state index in [9.17, 15) is 0 Å². The molecule has 3 nitrogen and oxygen atoms in total. The van der Waals surface area contributed by atoms with Gasteiger partial charge in [0.25, 0.3) is 0 Å². The predicted molar refractivity (Wildman–Crippen MR) is 88.6 cm³/mol. The zero-order valence-electron chi connectivity index (χ0n) is 12.6. The maximum absolute atomic E-state index is 4.50. The molecular weight excluding hydrogens is 278 g/mol. The van der Waals surface area contributed by atoms with Crippen LogP contribution in [0.15, 0.2) is 36.5 Å². The Labute approximate surface area is 129 Å². The Morgan fingerprint density at radius 1 is 1.19 bits per heavy atom. The minimum Gasteiger partial charge on any atom is -0.305 e. The van der Waals surface area contributed by atoms with Crippen LogP contribution in [0.4, 0.5) is 0 Å². The predicted octanol–water partition coefficient (Wildman–Crippen LogP) is 4.16. The standard InChI is InChI=1S/C17H19N3S/c1-11(17-12(2)20-13(3)21-17)19-10-15-7-4-6-14-8-5-9-18-16(14)15/h4-9,11,19H,10H2,1-3H3. The van der Waals surface area contributed by atoms with Crippen molar-refractivity contribution in [1.82, 2.24) is 15.3 Å². The lowest BCUT2D eigenvalue weighted by Crippen LogP contribution is -2.18. The molecule has 1 atom stereocenters. The summed E-state index contributed by atoms with van der Waals surface area (Å²) in [6.07, 6.45) is 1.85. The fraction of sp³-hybridized carbons (Fsp3) is 0.294. The van der Waals surface area contributed by atoms with E-state index in [4.69, 9.17) is 0 Å². The van der Waals surface area contributed by atoms with Crippen molar-refractivity contribution in [3.8, 4) is 0 Å². The molecule has 0 spiro atoms. The van der Waals surface area contributed by atoms with E-state index < -0.39 is 0 Å². The summed E-state index contributed by atoms with van der Waals surface area (Å²) in [5.41, 5.74) is 3.45. The van der Waals surface area contributed by atoms with Gasteiger partial charge < -0.3 is 5.32 Å². The van der Waals surface area contributed by atoms with Gasteiger partial charge in [-0.05, 0) is 32.4 Å². The molecule has 0 aliphatic rings. The van der Waals surface area contributed by atoms with E-state index in [1.807, 2.05) is 12.3 Å². The average molecular weight is 297 g/mol. The van der Waals surface area contributed by atoms with E-state index in [2.05, 4.69) is 60.3 Å². The van der Waals surface area contributed by atoms with E-state index in [0.717, 1.165) is 22.8 Å². The van der Waals surface area contributed by atoms with Gasteiger partial charge >= 0.3 is 0 Å². The van der Waals surface area contributed by atoms with Crippen molar-refractivity contribution in [2.75, 3.05) is 0 Å². The second-order valence-corrected chi connectivity index (χ2v) is 6.51. The molecular formula is C17H19N3S. The van der Waals surface area contributed by atoms with Gasteiger partial charge in [-0.2, -0.15) is 0 Å². The summed E-state index contributed by atoms with van der Waals surface area (Å²) in [5.74, 6) is 0. The number of hydrogen-bond acceptors (Lipinski definition) is 4. The maximum atomic E-state index is 4.50. The van der Waals surface area contributed by atoms with Crippen molar-refractivity contribution >= 4 is 22.2 Å². The third kappa shape index (κ3) is 2.96. The second kappa shape index (κ2) is 5.92. The van der Waals surface area contributed by atoms with E-state index in [1.54, 1.807) is 11.3 Å². The molecule has 0 saturated heterocycles. The summed E-state index contributed by atoms with van der Waals surface area (Å²) in [7, 11) is 0. The van der Waals surface area contributed by atoms with Crippen LogP contribution in [0.1, 0.15) is 34.1 Å². The third-order valence-electron chi connectivity index (χ3n) is 3.65. The molecule has 3 rings (SSSR count). The molecule has 21 heavy (non-hydrogen) atoms. The van der Waals surface area contributed by atoms with Crippen molar-refractivity contribution in [2.24, 2.45) is 0 Å². The minimum absolute atomic E-state index is 0.301. The van der Waals surface area contributed by atoms with Crippen LogP contribution in [0.25, 0.3) is 10.9 Å². The number of nitrogens with one attached hydrogen (secondary N) is 1. The van der Waals surface area contributed by atoms with Crippen molar-refractivity contribution < 1.29 is 0 Å². The van der Waals surface area contributed by atoms with Gasteiger partial charge in [0.05, 0.1) is 16.2 Å². The zero-order chi connectivity index (χ0) is 14.8. The molecule has 1 unspecified atom stereocenters. The van der Waals surface area contributed by atoms with Crippen molar-refractivity contribution in [3.63, 3.8) is 0 Å². The quantitative estimate of drug-likeness (QED) is 0.786. The Morgan fingerprint density at radius 2 is 2.00 bits per heavy atom. The zero-order valence-corrected chi connectivity index (χ0v) is 13.4. The number of thiazole rings is 1. The Kier molecular flexibility index (Phi) is 3.99. The Balaban J connectivity index is 1.79. The highest BCUT2D eigenvalue weighted by atomic mass is 32.1.